The number of fused-ring (bicyclic) bond motifs is 1. The van der Waals surface area contributed by atoms with E-state index in [1.54, 1.807) is 24.3 Å². The van der Waals surface area contributed by atoms with E-state index in [0.29, 0.717) is 11.1 Å². The van der Waals surface area contributed by atoms with Gasteiger partial charge in [0.2, 0.25) is 0 Å². The number of nitrogens with zero attached hydrogens (tertiary/aromatic N) is 1. The van der Waals surface area contributed by atoms with Crippen molar-refractivity contribution in [2.45, 2.75) is 4.90 Å². The van der Waals surface area contributed by atoms with Crippen molar-refractivity contribution in [3.8, 4) is 5.75 Å². The minimum absolute atomic E-state index is 0.0876. The van der Waals surface area contributed by atoms with E-state index in [1.807, 2.05) is 0 Å². The summed E-state index contributed by atoms with van der Waals surface area (Å²) in [7, 11) is -2.43. The van der Waals surface area contributed by atoms with Gasteiger partial charge in [-0.25, -0.2) is 17.2 Å². The third-order valence-corrected chi connectivity index (χ3v) is 5.20. The highest BCUT2D eigenvalue weighted by molar-refractivity contribution is 7.90. The predicted molar refractivity (Wildman–Crippen MR) is 84.5 cm³/mol. The molecule has 0 aliphatic carbocycles. The Morgan fingerprint density at radius 3 is 2.43 bits per heavy atom. The van der Waals surface area contributed by atoms with Crippen molar-refractivity contribution in [3.05, 3.63) is 60.3 Å². The van der Waals surface area contributed by atoms with E-state index in [1.165, 1.54) is 31.4 Å². The molecule has 0 radical (unpaired) electrons. The number of aromatic carboxylic acids is 1. The number of hydrogen-bond acceptors (Lipinski definition) is 4. The molecule has 1 aromatic heterocycles. The molecule has 1 heterocycles. The topological polar surface area (TPSA) is 85.6 Å². The van der Waals surface area contributed by atoms with Gasteiger partial charge in [-0.3, -0.25) is 0 Å². The van der Waals surface area contributed by atoms with E-state index in [9.17, 15) is 18.3 Å². The van der Waals surface area contributed by atoms with Crippen LogP contribution in [-0.4, -0.2) is 30.6 Å². The Labute approximate surface area is 132 Å². The van der Waals surface area contributed by atoms with Gasteiger partial charge in [0.15, 0.2) is 0 Å². The third-order valence-electron chi connectivity index (χ3n) is 3.51. The van der Waals surface area contributed by atoms with Gasteiger partial charge < -0.3 is 9.84 Å². The van der Waals surface area contributed by atoms with Crippen LogP contribution in [0.3, 0.4) is 0 Å². The molecule has 0 saturated heterocycles. The van der Waals surface area contributed by atoms with Crippen molar-refractivity contribution >= 4 is 26.9 Å². The zero-order valence-corrected chi connectivity index (χ0v) is 12.9. The van der Waals surface area contributed by atoms with Gasteiger partial charge in [0.1, 0.15) is 5.75 Å². The van der Waals surface area contributed by atoms with E-state index in [4.69, 9.17) is 4.74 Å². The van der Waals surface area contributed by atoms with E-state index in [2.05, 4.69) is 0 Å². The number of carboxylic acid groups (broad SMARTS) is 1. The summed E-state index contributed by atoms with van der Waals surface area (Å²) in [5.74, 6) is -0.750. The highest BCUT2D eigenvalue weighted by Gasteiger charge is 2.23. The molecular formula is C16H13NO5S. The standard InChI is InChI=1S/C16H13NO5S/c1-22-11-7-8-15-13(9-11)14(16(18)19)10-17(15)23(20,21)12-5-3-2-4-6-12/h2-10H,1H3,(H,18,19). The van der Waals surface area contributed by atoms with Crippen LogP contribution in [0.4, 0.5) is 0 Å². The van der Waals surface area contributed by atoms with E-state index < -0.39 is 16.0 Å². The lowest BCUT2D eigenvalue weighted by Crippen LogP contribution is -2.11. The average molecular weight is 331 g/mol. The maximum Gasteiger partial charge on any atom is 0.337 e. The van der Waals surface area contributed by atoms with Crippen molar-refractivity contribution in [2.24, 2.45) is 0 Å². The second kappa shape index (κ2) is 5.44. The molecule has 3 rings (SSSR count). The van der Waals surface area contributed by atoms with E-state index >= 15 is 0 Å². The Bertz CT molecular complexity index is 990. The fourth-order valence-electron chi connectivity index (χ4n) is 2.38. The molecule has 0 atom stereocenters. The van der Waals surface area contributed by atoms with Crippen LogP contribution in [0.15, 0.2) is 59.6 Å². The van der Waals surface area contributed by atoms with Crippen LogP contribution in [0.2, 0.25) is 0 Å². The summed E-state index contributed by atoms with van der Waals surface area (Å²) in [6.07, 6.45) is 1.12. The van der Waals surface area contributed by atoms with Gasteiger partial charge in [-0.15, -0.1) is 0 Å². The second-order valence-electron chi connectivity index (χ2n) is 4.84. The molecule has 2 aromatic carbocycles. The Morgan fingerprint density at radius 1 is 1.13 bits per heavy atom. The van der Waals surface area contributed by atoms with Crippen molar-refractivity contribution in [2.75, 3.05) is 7.11 Å². The van der Waals surface area contributed by atoms with Gasteiger partial charge in [-0.05, 0) is 30.3 Å². The molecule has 118 valence electrons. The highest BCUT2D eigenvalue weighted by atomic mass is 32.2. The molecule has 0 amide bonds. The third kappa shape index (κ3) is 2.44. The lowest BCUT2D eigenvalue weighted by atomic mass is 10.2. The number of benzene rings is 2. The lowest BCUT2D eigenvalue weighted by Gasteiger charge is -2.07. The maximum absolute atomic E-state index is 12.8. The lowest BCUT2D eigenvalue weighted by molar-refractivity contribution is 0.0699. The van der Waals surface area contributed by atoms with Gasteiger partial charge in [0.05, 0.1) is 23.1 Å². The summed E-state index contributed by atoms with van der Waals surface area (Å²) in [5, 5.41) is 9.65. The molecule has 3 aromatic rings. The molecular weight excluding hydrogens is 318 g/mol. The summed E-state index contributed by atoms with van der Waals surface area (Å²) in [6.45, 7) is 0. The Kier molecular flexibility index (Phi) is 3.57. The van der Waals surface area contributed by atoms with Crippen LogP contribution in [-0.2, 0) is 10.0 Å². The first-order chi connectivity index (χ1) is 10.9. The number of rotatable bonds is 4. The second-order valence-corrected chi connectivity index (χ2v) is 6.66. The van der Waals surface area contributed by atoms with Crippen molar-refractivity contribution in [1.29, 1.82) is 0 Å². The number of hydrogen-bond donors (Lipinski definition) is 1. The number of carbonyl (C=O) groups is 1. The first-order valence-electron chi connectivity index (χ1n) is 6.68. The quantitative estimate of drug-likeness (QED) is 0.794. The molecule has 7 heteroatoms. The summed E-state index contributed by atoms with van der Waals surface area (Å²) in [4.78, 5) is 11.5. The number of ether oxygens (including phenoxy) is 1. The van der Waals surface area contributed by atoms with Gasteiger partial charge in [0, 0.05) is 11.6 Å². The van der Waals surface area contributed by atoms with Crippen molar-refractivity contribution < 1.29 is 23.1 Å². The van der Waals surface area contributed by atoms with E-state index in [-0.39, 0.29) is 16.0 Å². The average Bonchev–Trinajstić information content (AvgIpc) is 2.95. The summed E-state index contributed by atoms with van der Waals surface area (Å²) < 4.78 is 31.6. The zero-order valence-electron chi connectivity index (χ0n) is 12.1. The Morgan fingerprint density at radius 2 is 1.83 bits per heavy atom. The normalized spacial score (nSPS) is 11.5. The molecule has 0 bridgehead atoms. The molecule has 23 heavy (non-hydrogen) atoms. The van der Waals surface area contributed by atoms with Crippen LogP contribution in [0.5, 0.6) is 5.75 Å². The van der Waals surface area contributed by atoms with Crippen LogP contribution >= 0.6 is 0 Å². The van der Waals surface area contributed by atoms with Crippen LogP contribution < -0.4 is 4.74 Å². The summed E-state index contributed by atoms with van der Waals surface area (Å²) in [6, 6.07) is 12.5. The van der Waals surface area contributed by atoms with Crippen LogP contribution in [0, 0.1) is 0 Å². The molecule has 0 spiro atoms. The molecule has 0 aliphatic heterocycles. The maximum atomic E-state index is 12.8. The van der Waals surface area contributed by atoms with Gasteiger partial charge in [0.25, 0.3) is 10.0 Å². The molecule has 0 aliphatic rings. The summed E-state index contributed by atoms with van der Waals surface area (Å²) >= 11 is 0. The molecule has 0 fully saturated rings. The van der Waals surface area contributed by atoms with Gasteiger partial charge in [-0.2, -0.15) is 0 Å². The van der Waals surface area contributed by atoms with E-state index in [0.717, 1.165) is 10.2 Å². The van der Waals surface area contributed by atoms with Gasteiger partial charge in [-0.1, -0.05) is 18.2 Å². The zero-order chi connectivity index (χ0) is 16.6. The minimum Gasteiger partial charge on any atom is -0.497 e. The SMILES string of the molecule is COc1ccc2c(c1)c(C(=O)O)cn2S(=O)(=O)c1ccccc1. The fraction of sp³-hybridized carbons (Fsp3) is 0.0625. The molecule has 0 unspecified atom stereocenters. The molecule has 1 N–H and O–H groups in total. The van der Waals surface area contributed by atoms with Gasteiger partial charge >= 0.3 is 5.97 Å². The van der Waals surface area contributed by atoms with Crippen molar-refractivity contribution in [1.82, 2.24) is 3.97 Å². The molecule has 0 saturated carbocycles. The Hall–Kier alpha value is -2.80. The number of carboxylic acids is 1. The van der Waals surface area contributed by atoms with Crippen LogP contribution in [0.1, 0.15) is 10.4 Å². The number of methoxy groups -OCH3 is 1. The smallest absolute Gasteiger partial charge is 0.337 e. The van der Waals surface area contributed by atoms with Crippen molar-refractivity contribution in [3.63, 3.8) is 0 Å². The largest absolute Gasteiger partial charge is 0.497 e. The molecule has 6 nitrogen and oxygen atoms in total. The fourth-order valence-corrected chi connectivity index (χ4v) is 3.77. The Balaban J connectivity index is 2.33. The first-order valence-corrected chi connectivity index (χ1v) is 8.12. The number of aromatic nitrogens is 1. The minimum atomic E-state index is -3.89. The first kappa shape index (κ1) is 15.1. The highest BCUT2D eigenvalue weighted by Crippen LogP contribution is 2.29. The predicted octanol–water partition coefficient (Wildman–Crippen LogP) is 2.59. The monoisotopic (exact) mass is 331 g/mol. The van der Waals surface area contributed by atoms with Crippen LogP contribution in [0.25, 0.3) is 10.9 Å². The summed E-state index contributed by atoms with van der Waals surface area (Å²) in [5.41, 5.74) is 0.186.